The summed E-state index contributed by atoms with van der Waals surface area (Å²) in [6.45, 7) is 6.26. The highest BCUT2D eigenvalue weighted by Crippen LogP contribution is 2.38. The Hall–Kier alpha value is -1.61. The Morgan fingerprint density at radius 2 is 2.00 bits per heavy atom. The Kier molecular flexibility index (Phi) is 2.94. The van der Waals surface area contributed by atoms with Gasteiger partial charge in [0.05, 0.1) is 5.92 Å². The number of hydrogen-bond donors (Lipinski definition) is 1. The molecule has 2 nitrogen and oxygen atoms in total. The number of rotatable bonds is 2. The third kappa shape index (κ3) is 2.08. The van der Waals surface area contributed by atoms with Crippen molar-refractivity contribution in [2.75, 3.05) is 5.32 Å². The van der Waals surface area contributed by atoms with Crippen LogP contribution in [-0.4, -0.2) is 5.91 Å². The van der Waals surface area contributed by atoms with Crippen molar-refractivity contribution in [1.82, 2.24) is 0 Å². The van der Waals surface area contributed by atoms with E-state index >= 15 is 0 Å². The van der Waals surface area contributed by atoms with Crippen molar-refractivity contribution in [3.8, 4) is 0 Å². The van der Waals surface area contributed by atoms with Crippen LogP contribution < -0.4 is 5.32 Å². The van der Waals surface area contributed by atoms with Crippen molar-refractivity contribution in [3.05, 3.63) is 50.7 Å². The lowest BCUT2D eigenvalue weighted by molar-refractivity contribution is -0.117. The minimum atomic E-state index is -0.0362. The van der Waals surface area contributed by atoms with Gasteiger partial charge in [0.25, 0.3) is 0 Å². The van der Waals surface area contributed by atoms with E-state index in [1.54, 1.807) is 11.3 Å². The molecule has 0 unspecified atom stereocenters. The number of carbonyl (C=O) groups is 1. The molecule has 0 saturated heterocycles. The fourth-order valence-corrected chi connectivity index (χ4v) is 3.75. The van der Waals surface area contributed by atoms with Gasteiger partial charge in [0.1, 0.15) is 0 Å². The molecule has 1 aliphatic heterocycles. The Morgan fingerprint density at radius 3 is 2.68 bits per heavy atom. The van der Waals surface area contributed by atoms with Gasteiger partial charge >= 0.3 is 0 Å². The minimum Gasteiger partial charge on any atom is -0.325 e. The largest absolute Gasteiger partial charge is 0.325 e. The van der Waals surface area contributed by atoms with E-state index < -0.39 is 0 Å². The third-order valence-corrected chi connectivity index (χ3v) is 4.85. The molecule has 3 rings (SSSR count). The molecule has 3 heteroatoms. The molecule has 1 amide bonds. The highest BCUT2D eigenvalue weighted by atomic mass is 32.1. The van der Waals surface area contributed by atoms with Crippen molar-refractivity contribution in [2.45, 2.75) is 33.1 Å². The van der Waals surface area contributed by atoms with Crippen LogP contribution in [0.1, 0.15) is 33.0 Å². The maximum absolute atomic E-state index is 12.2. The Balaban J connectivity index is 2.01. The molecule has 1 N–H and O–H groups in total. The van der Waals surface area contributed by atoms with E-state index in [2.05, 4.69) is 49.7 Å². The number of nitrogens with one attached hydrogen (secondary N) is 1. The van der Waals surface area contributed by atoms with Crippen LogP contribution in [0.5, 0.6) is 0 Å². The molecule has 1 aliphatic rings. The molecule has 0 fully saturated rings. The zero-order chi connectivity index (χ0) is 13.6. The normalized spacial score (nSPS) is 17.4. The zero-order valence-corrected chi connectivity index (χ0v) is 12.2. The predicted octanol–water partition coefficient (Wildman–Crippen LogP) is 3.95. The second kappa shape index (κ2) is 4.49. The van der Waals surface area contributed by atoms with Crippen LogP contribution >= 0.6 is 11.3 Å². The topological polar surface area (TPSA) is 29.1 Å². The summed E-state index contributed by atoms with van der Waals surface area (Å²) in [4.78, 5) is 13.5. The first kappa shape index (κ1) is 12.4. The molecule has 0 radical (unpaired) electrons. The molecule has 1 aromatic heterocycles. The van der Waals surface area contributed by atoms with Gasteiger partial charge < -0.3 is 5.32 Å². The first-order valence-electron chi connectivity index (χ1n) is 6.51. The van der Waals surface area contributed by atoms with E-state index in [1.165, 1.54) is 16.0 Å². The molecule has 0 spiro atoms. The Bertz CT molecular complexity index is 657. The summed E-state index contributed by atoms with van der Waals surface area (Å²) in [6, 6.07) is 6.39. The van der Waals surface area contributed by atoms with Crippen molar-refractivity contribution in [3.63, 3.8) is 0 Å². The average Bonchev–Trinajstić information content (AvgIpc) is 2.87. The number of benzene rings is 1. The minimum absolute atomic E-state index is 0.0362. The SMILES string of the molecule is Cc1cc(C)c2c(c1)[C@H](Cc1sccc1C)C(=O)N2. The summed E-state index contributed by atoms with van der Waals surface area (Å²) >= 11 is 1.74. The molecular formula is C16H17NOS. The van der Waals surface area contributed by atoms with Gasteiger partial charge in [-0.1, -0.05) is 17.7 Å². The number of amides is 1. The highest BCUT2D eigenvalue weighted by Gasteiger charge is 2.32. The molecule has 2 heterocycles. The number of hydrogen-bond acceptors (Lipinski definition) is 2. The monoisotopic (exact) mass is 271 g/mol. The van der Waals surface area contributed by atoms with Crippen LogP contribution in [0.2, 0.25) is 0 Å². The Labute approximate surface area is 117 Å². The van der Waals surface area contributed by atoms with Crippen LogP contribution in [0.4, 0.5) is 5.69 Å². The van der Waals surface area contributed by atoms with E-state index in [9.17, 15) is 4.79 Å². The van der Waals surface area contributed by atoms with Gasteiger partial charge in [-0.05, 0) is 55.3 Å². The van der Waals surface area contributed by atoms with Crippen molar-refractivity contribution in [1.29, 1.82) is 0 Å². The molecule has 19 heavy (non-hydrogen) atoms. The van der Waals surface area contributed by atoms with Crippen molar-refractivity contribution in [2.24, 2.45) is 0 Å². The van der Waals surface area contributed by atoms with E-state index in [0.29, 0.717) is 0 Å². The molecule has 98 valence electrons. The number of thiophene rings is 1. The summed E-state index contributed by atoms with van der Waals surface area (Å²) in [7, 11) is 0. The highest BCUT2D eigenvalue weighted by molar-refractivity contribution is 7.10. The number of aryl methyl sites for hydroxylation is 3. The van der Waals surface area contributed by atoms with E-state index in [4.69, 9.17) is 0 Å². The molecule has 0 saturated carbocycles. The lowest BCUT2D eigenvalue weighted by Gasteiger charge is -2.10. The summed E-state index contributed by atoms with van der Waals surface area (Å²) in [6.07, 6.45) is 0.811. The molecular weight excluding hydrogens is 254 g/mol. The number of anilines is 1. The summed E-state index contributed by atoms with van der Waals surface area (Å²) in [5, 5.41) is 5.14. The van der Waals surface area contributed by atoms with Crippen LogP contribution in [-0.2, 0) is 11.2 Å². The molecule has 1 atom stereocenters. The van der Waals surface area contributed by atoms with Gasteiger partial charge in [-0.25, -0.2) is 0 Å². The van der Waals surface area contributed by atoms with Gasteiger partial charge in [-0.15, -0.1) is 11.3 Å². The molecule has 2 aromatic rings. The lowest BCUT2D eigenvalue weighted by Crippen LogP contribution is -2.14. The van der Waals surface area contributed by atoms with Gasteiger partial charge in [-0.3, -0.25) is 4.79 Å². The summed E-state index contributed by atoms with van der Waals surface area (Å²) in [5.41, 5.74) is 5.86. The second-order valence-corrected chi connectivity index (χ2v) is 6.32. The smallest absolute Gasteiger partial charge is 0.232 e. The first-order chi connectivity index (χ1) is 9.06. The Morgan fingerprint density at radius 1 is 1.21 bits per heavy atom. The molecule has 1 aromatic carbocycles. The third-order valence-electron chi connectivity index (χ3n) is 3.81. The average molecular weight is 271 g/mol. The van der Waals surface area contributed by atoms with Gasteiger partial charge in [0.2, 0.25) is 5.91 Å². The lowest BCUT2D eigenvalue weighted by atomic mass is 9.93. The first-order valence-corrected chi connectivity index (χ1v) is 7.39. The van der Waals surface area contributed by atoms with Crippen LogP contribution in [0.15, 0.2) is 23.6 Å². The van der Waals surface area contributed by atoms with Crippen LogP contribution in [0.3, 0.4) is 0 Å². The quantitative estimate of drug-likeness (QED) is 0.880. The van der Waals surface area contributed by atoms with Crippen LogP contribution in [0, 0.1) is 20.8 Å². The summed E-state index contributed by atoms with van der Waals surface area (Å²) in [5.74, 6) is 0.0995. The van der Waals surface area contributed by atoms with Gasteiger partial charge in [0, 0.05) is 10.6 Å². The molecule has 0 bridgehead atoms. The van der Waals surface area contributed by atoms with E-state index in [0.717, 1.165) is 23.2 Å². The second-order valence-electron chi connectivity index (χ2n) is 5.32. The number of carbonyl (C=O) groups excluding carboxylic acids is 1. The van der Waals surface area contributed by atoms with Gasteiger partial charge in [-0.2, -0.15) is 0 Å². The zero-order valence-electron chi connectivity index (χ0n) is 11.4. The van der Waals surface area contributed by atoms with E-state index in [-0.39, 0.29) is 11.8 Å². The standard InChI is InChI=1S/C16H17NOS/c1-9-6-11(3)15-12(7-9)13(16(18)17-15)8-14-10(2)4-5-19-14/h4-7,13H,8H2,1-3H3,(H,17,18)/t13-/m0/s1. The predicted molar refractivity (Wildman–Crippen MR) is 80.0 cm³/mol. The van der Waals surface area contributed by atoms with E-state index in [1.807, 2.05) is 0 Å². The van der Waals surface area contributed by atoms with Crippen LogP contribution in [0.25, 0.3) is 0 Å². The molecule has 0 aliphatic carbocycles. The fourth-order valence-electron chi connectivity index (χ4n) is 2.80. The fraction of sp³-hybridized carbons (Fsp3) is 0.312. The van der Waals surface area contributed by atoms with Crippen molar-refractivity contribution >= 4 is 22.9 Å². The summed E-state index contributed by atoms with van der Waals surface area (Å²) < 4.78 is 0. The van der Waals surface area contributed by atoms with Crippen molar-refractivity contribution < 1.29 is 4.79 Å². The maximum atomic E-state index is 12.2. The van der Waals surface area contributed by atoms with Gasteiger partial charge in [0.15, 0.2) is 0 Å². The number of fused-ring (bicyclic) bond motifs is 1. The maximum Gasteiger partial charge on any atom is 0.232 e.